The molecule has 1 saturated heterocycles. The lowest BCUT2D eigenvalue weighted by atomic mass is 9.97. The first kappa shape index (κ1) is 14.8. The summed E-state index contributed by atoms with van der Waals surface area (Å²) in [6.45, 7) is 3.97. The number of hydrogen-bond donors (Lipinski definition) is 1. The second-order valence-electron chi connectivity index (χ2n) is 6.38. The van der Waals surface area contributed by atoms with E-state index in [-0.39, 0.29) is 5.82 Å². The third-order valence-corrected chi connectivity index (χ3v) is 4.53. The topological polar surface area (TPSA) is 24.5 Å². The number of halogens is 1. The summed E-state index contributed by atoms with van der Waals surface area (Å²) in [7, 11) is 1.57. The zero-order chi connectivity index (χ0) is 14.7. The Kier molecular flexibility index (Phi) is 4.76. The Bertz CT molecular complexity index is 476. The minimum absolute atomic E-state index is 0.160. The first-order chi connectivity index (χ1) is 10.2. The van der Waals surface area contributed by atoms with Gasteiger partial charge in [-0.25, -0.2) is 4.39 Å². The van der Waals surface area contributed by atoms with Crippen molar-refractivity contribution in [3.63, 3.8) is 0 Å². The van der Waals surface area contributed by atoms with Crippen LogP contribution in [0.1, 0.15) is 31.2 Å². The highest BCUT2D eigenvalue weighted by atomic mass is 19.1. The number of nitrogens with zero attached hydrogens (tertiary/aromatic N) is 1. The van der Waals surface area contributed by atoms with Crippen LogP contribution in [0.25, 0.3) is 0 Å². The highest BCUT2D eigenvalue weighted by molar-refractivity contribution is 5.28. The molecule has 2 fully saturated rings. The molecule has 1 aromatic carbocycles. The second kappa shape index (κ2) is 6.75. The van der Waals surface area contributed by atoms with Crippen molar-refractivity contribution < 1.29 is 9.13 Å². The molecule has 4 heteroatoms. The lowest BCUT2D eigenvalue weighted by molar-refractivity contribution is 0.163. The van der Waals surface area contributed by atoms with Crippen LogP contribution in [0.2, 0.25) is 0 Å². The summed E-state index contributed by atoms with van der Waals surface area (Å²) in [5.41, 5.74) is 0.770. The minimum atomic E-state index is -0.160. The first-order valence-corrected chi connectivity index (χ1v) is 8.03. The van der Waals surface area contributed by atoms with Crippen LogP contribution in [0.15, 0.2) is 18.2 Å². The van der Waals surface area contributed by atoms with Gasteiger partial charge >= 0.3 is 0 Å². The molecule has 0 spiro atoms. The van der Waals surface area contributed by atoms with E-state index in [1.54, 1.807) is 7.11 Å². The standard InChI is InChI=1S/C17H25FN2O/c1-21-16-7-4-14(17(18)9-16)12-20-8-2-3-13(11-20)10-19-15-5-6-15/h4,7,9,13,15,19H,2-3,5-6,8,10-12H2,1H3. The molecule has 0 amide bonds. The maximum atomic E-state index is 14.0. The third-order valence-electron chi connectivity index (χ3n) is 4.53. The zero-order valence-electron chi connectivity index (χ0n) is 12.8. The molecule has 1 aliphatic carbocycles. The Labute approximate surface area is 126 Å². The molecule has 0 radical (unpaired) electrons. The number of rotatable bonds is 6. The fraction of sp³-hybridized carbons (Fsp3) is 0.647. The van der Waals surface area contributed by atoms with Crippen LogP contribution in [-0.4, -0.2) is 37.7 Å². The summed E-state index contributed by atoms with van der Waals surface area (Å²) in [5.74, 6) is 1.13. The molecule has 1 heterocycles. The van der Waals surface area contributed by atoms with Crippen LogP contribution in [0.3, 0.4) is 0 Å². The number of ether oxygens (including phenoxy) is 1. The number of likely N-dealkylation sites (tertiary alicyclic amines) is 1. The van der Waals surface area contributed by atoms with Gasteiger partial charge in [0.2, 0.25) is 0 Å². The van der Waals surface area contributed by atoms with E-state index in [0.29, 0.717) is 18.2 Å². The molecule has 1 unspecified atom stereocenters. The molecule has 21 heavy (non-hydrogen) atoms. The van der Waals surface area contributed by atoms with Crippen LogP contribution in [0, 0.1) is 11.7 Å². The van der Waals surface area contributed by atoms with Crippen LogP contribution < -0.4 is 10.1 Å². The van der Waals surface area contributed by atoms with Crippen LogP contribution in [0.5, 0.6) is 5.75 Å². The summed E-state index contributed by atoms with van der Waals surface area (Å²) in [4.78, 5) is 2.38. The van der Waals surface area contributed by atoms with Crippen molar-refractivity contribution in [1.82, 2.24) is 10.2 Å². The molecule has 2 aliphatic rings. The third kappa shape index (κ3) is 4.17. The predicted octanol–water partition coefficient (Wildman–Crippen LogP) is 2.80. The Morgan fingerprint density at radius 3 is 2.90 bits per heavy atom. The van der Waals surface area contributed by atoms with Crippen molar-refractivity contribution in [2.75, 3.05) is 26.7 Å². The smallest absolute Gasteiger partial charge is 0.131 e. The highest BCUT2D eigenvalue weighted by Crippen LogP contribution is 2.23. The van der Waals surface area contributed by atoms with Gasteiger partial charge in [-0.3, -0.25) is 4.90 Å². The van der Waals surface area contributed by atoms with E-state index in [1.807, 2.05) is 12.1 Å². The first-order valence-electron chi connectivity index (χ1n) is 8.03. The quantitative estimate of drug-likeness (QED) is 0.872. The maximum absolute atomic E-state index is 14.0. The zero-order valence-corrected chi connectivity index (χ0v) is 12.8. The van der Waals surface area contributed by atoms with Crippen molar-refractivity contribution >= 4 is 0 Å². The van der Waals surface area contributed by atoms with E-state index in [4.69, 9.17) is 4.74 Å². The fourth-order valence-corrected chi connectivity index (χ4v) is 3.11. The molecule has 1 aromatic rings. The average Bonchev–Trinajstić information content (AvgIpc) is 3.32. The van der Waals surface area contributed by atoms with E-state index < -0.39 is 0 Å². The molecule has 1 aliphatic heterocycles. The van der Waals surface area contributed by atoms with E-state index >= 15 is 0 Å². The molecular formula is C17H25FN2O. The molecular weight excluding hydrogens is 267 g/mol. The van der Waals surface area contributed by atoms with Crippen molar-refractivity contribution in [2.45, 2.75) is 38.3 Å². The van der Waals surface area contributed by atoms with Gasteiger partial charge in [-0.1, -0.05) is 6.07 Å². The Balaban J connectivity index is 1.53. The van der Waals surface area contributed by atoms with Gasteiger partial charge < -0.3 is 10.1 Å². The lowest BCUT2D eigenvalue weighted by Crippen LogP contribution is -2.39. The summed E-state index contributed by atoms with van der Waals surface area (Å²) < 4.78 is 19.1. The van der Waals surface area contributed by atoms with Crippen molar-refractivity contribution in [3.05, 3.63) is 29.6 Å². The van der Waals surface area contributed by atoms with Gasteiger partial charge in [0, 0.05) is 30.8 Å². The second-order valence-corrected chi connectivity index (χ2v) is 6.38. The van der Waals surface area contributed by atoms with Crippen LogP contribution in [0.4, 0.5) is 4.39 Å². The van der Waals surface area contributed by atoms with Crippen LogP contribution >= 0.6 is 0 Å². The van der Waals surface area contributed by atoms with Gasteiger partial charge in [0.1, 0.15) is 11.6 Å². The van der Waals surface area contributed by atoms with Crippen molar-refractivity contribution in [2.24, 2.45) is 5.92 Å². The van der Waals surface area contributed by atoms with Crippen LogP contribution in [-0.2, 0) is 6.54 Å². The Hall–Kier alpha value is -1.13. The van der Waals surface area contributed by atoms with Gasteiger partial charge in [-0.05, 0) is 50.8 Å². The number of nitrogens with one attached hydrogen (secondary N) is 1. The Morgan fingerprint density at radius 2 is 2.19 bits per heavy atom. The number of piperidine rings is 1. The summed E-state index contributed by atoms with van der Waals surface area (Å²) in [5, 5.41) is 3.62. The largest absolute Gasteiger partial charge is 0.497 e. The van der Waals surface area contributed by atoms with E-state index in [2.05, 4.69) is 10.2 Å². The molecule has 1 atom stereocenters. The number of hydrogen-bond acceptors (Lipinski definition) is 3. The fourth-order valence-electron chi connectivity index (χ4n) is 3.11. The minimum Gasteiger partial charge on any atom is -0.497 e. The maximum Gasteiger partial charge on any atom is 0.131 e. The molecule has 3 nitrogen and oxygen atoms in total. The van der Waals surface area contributed by atoms with Gasteiger partial charge in [-0.15, -0.1) is 0 Å². The molecule has 3 rings (SSSR count). The molecule has 0 bridgehead atoms. The van der Waals surface area contributed by atoms with Crippen molar-refractivity contribution in [3.8, 4) is 5.75 Å². The van der Waals surface area contributed by atoms with Gasteiger partial charge in [0.15, 0.2) is 0 Å². The average molecular weight is 292 g/mol. The van der Waals surface area contributed by atoms with Crippen molar-refractivity contribution in [1.29, 1.82) is 0 Å². The number of benzene rings is 1. The SMILES string of the molecule is COc1ccc(CN2CCCC(CNC3CC3)C2)c(F)c1. The highest BCUT2D eigenvalue weighted by Gasteiger charge is 2.25. The lowest BCUT2D eigenvalue weighted by Gasteiger charge is -2.33. The summed E-state index contributed by atoms with van der Waals surface area (Å²) in [6, 6.07) is 5.94. The van der Waals surface area contributed by atoms with E-state index in [1.165, 1.54) is 31.7 Å². The Morgan fingerprint density at radius 1 is 1.33 bits per heavy atom. The molecule has 0 aromatic heterocycles. The van der Waals surface area contributed by atoms with Gasteiger partial charge in [-0.2, -0.15) is 0 Å². The predicted molar refractivity (Wildman–Crippen MR) is 82.0 cm³/mol. The van der Waals surface area contributed by atoms with E-state index in [0.717, 1.165) is 31.2 Å². The monoisotopic (exact) mass is 292 g/mol. The molecule has 1 saturated carbocycles. The molecule has 116 valence electrons. The summed E-state index contributed by atoms with van der Waals surface area (Å²) >= 11 is 0. The van der Waals surface area contributed by atoms with Gasteiger partial charge in [0.25, 0.3) is 0 Å². The summed E-state index contributed by atoms with van der Waals surface area (Å²) in [6.07, 6.45) is 5.19. The van der Waals surface area contributed by atoms with E-state index in [9.17, 15) is 4.39 Å². The van der Waals surface area contributed by atoms with Gasteiger partial charge in [0.05, 0.1) is 7.11 Å². The molecule has 1 N–H and O–H groups in total. The normalized spacial score (nSPS) is 23.2. The number of methoxy groups -OCH3 is 1.